The SMILES string of the molecule is CCn1c(N)nc2cc(C(=O)NCCc3nc4ccccc4s3)cnc21. The number of aryl methyl sites for hydroxylation is 1. The highest BCUT2D eigenvalue weighted by Gasteiger charge is 2.12. The third-order valence-corrected chi connectivity index (χ3v) is 5.25. The Kier molecular flexibility index (Phi) is 4.26. The van der Waals surface area contributed by atoms with Gasteiger partial charge in [0.25, 0.3) is 5.91 Å². The Morgan fingerprint density at radius 2 is 2.12 bits per heavy atom. The molecule has 0 atom stereocenters. The zero-order valence-electron chi connectivity index (χ0n) is 14.3. The standard InChI is InChI=1S/C18H18N6OS/c1-2-24-16-13(23-18(24)19)9-11(10-21-16)17(25)20-8-7-15-22-12-5-3-4-6-14(12)26-15/h3-6,9-10H,2,7-8H2,1H3,(H2,19,23)(H,20,25). The normalized spacial score (nSPS) is 11.3. The van der Waals surface area contributed by atoms with E-state index in [1.807, 2.05) is 29.7 Å². The second-order valence-corrected chi connectivity index (χ2v) is 6.98. The fourth-order valence-corrected chi connectivity index (χ4v) is 3.84. The first-order chi connectivity index (χ1) is 12.7. The highest BCUT2D eigenvalue weighted by Crippen LogP contribution is 2.21. The lowest BCUT2D eigenvalue weighted by Gasteiger charge is -2.04. The number of para-hydroxylation sites is 1. The second-order valence-electron chi connectivity index (χ2n) is 5.86. The van der Waals surface area contributed by atoms with Gasteiger partial charge in [-0.05, 0) is 25.1 Å². The Balaban J connectivity index is 1.43. The number of anilines is 1. The quantitative estimate of drug-likeness (QED) is 0.566. The van der Waals surface area contributed by atoms with Gasteiger partial charge in [-0.1, -0.05) is 12.1 Å². The van der Waals surface area contributed by atoms with Gasteiger partial charge in [-0.2, -0.15) is 0 Å². The molecule has 8 heteroatoms. The van der Waals surface area contributed by atoms with Gasteiger partial charge in [0, 0.05) is 25.7 Å². The van der Waals surface area contributed by atoms with Crippen LogP contribution in [0, 0.1) is 0 Å². The van der Waals surface area contributed by atoms with E-state index in [1.165, 1.54) is 0 Å². The molecule has 3 aromatic heterocycles. The number of hydrogen-bond donors (Lipinski definition) is 2. The summed E-state index contributed by atoms with van der Waals surface area (Å²) >= 11 is 1.65. The molecule has 3 heterocycles. The number of fused-ring (bicyclic) bond motifs is 2. The number of nitrogens with zero attached hydrogens (tertiary/aromatic N) is 4. The number of nitrogens with one attached hydrogen (secondary N) is 1. The van der Waals surface area contributed by atoms with Crippen molar-refractivity contribution in [3.8, 4) is 0 Å². The predicted octanol–water partition coefficient (Wildman–Crippen LogP) is 2.62. The fraction of sp³-hybridized carbons (Fsp3) is 0.222. The van der Waals surface area contributed by atoms with Crippen LogP contribution >= 0.6 is 11.3 Å². The lowest BCUT2D eigenvalue weighted by atomic mass is 10.2. The molecule has 0 fully saturated rings. The first-order valence-corrected chi connectivity index (χ1v) is 9.21. The van der Waals surface area contributed by atoms with Crippen LogP contribution < -0.4 is 11.1 Å². The molecule has 0 aliphatic rings. The minimum Gasteiger partial charge on any atom is -0.369 e. The summed E-state index contributed by atoms with van der Waals surface area (Å²) in [4.78, 5) is 25.6. The Bertz CT molecular complexity index is 1070. The number of nitrogens with two attached hydrogens (primary N) is 1. The minimum absolute atomic E-state index is 0.176. The van der Waals surface area contributed by atoms with Crippen molar-refractivity contribution in [3.63, 3.8) is 0 Å². The summed E-state index contributed by atoms with van der Waals surface area (Å²) in [7, 11) is 0. The molecule has 0 saturated heterocycles. The van der Waals surface area contributed by atoms with E-state index in [0.717, 1.165) is 15.2 Å². The number of carbonyl (C=O) groups excluding carboxylic acids is 1. The molecular weight excluding hydrogens is 348 g/mol. The van der Waals surface area contributed by atoms with E-state index in [-0.39, 0.29) is 5.91 Å². The first kappa shape index (κ1) is 16.5. The van der Waals surface area contributed by atoms with Gasteiger partial charge in [-0.3, -0.25) is 9.36 Å². The largest absolute Gasteiger partial charge is 0.369 e. The van der Waals surface area contributed by atoms with E-state index in [1.54, 1.807) is 23.6 Å². The van der Waals surface area contributed by atoms with Crippen LogP contribution in [0.3, 0.4) is 0 Å². The van der Waals surface area contributed by atoms with Crippen LogP contribution in [0.25, 0.3) is 21.4 Å². The molecule has 7 nitrogen and oxygen atoms in total. The van der Waals surface area contributed by atoms with Crippen molar-refractivity contribution in [1.82, 2.24) is 24.8 Å². The van der Waals surface area contributed by atoms with Crippen LogP contribution in [0.15, 0.2) is 36.5 Å². The molecule has 26 heavy (non-hydrogen) atoms. The van der Waals surface area contributed by atoms with Crippen LogP contribution in [0.2, 0.25) is 0 Å². The number of pyridine rings is 1. The molecule has 0 aliphatic heterocycles. The molecule has 0 saturated carbocycles. The number of nitrogen functional groups attached to an aromatic ring is 1. The molecule has 0 radical (unpaired) electrons. The number of rotatable bonds is 5. The van der Waals surface area contributed by atoms with E-state index < -0.39 is 0 Å². The smallest absolute Gasteiger partial charge is 0.252 e. The van der Waals surface area contributed by atoms with Gasteiger partial charge in [-0.15, -0.1) is 11.3 Å². The average Bonchev–Trinajstić information content (AvgIpc) is 3.19. The second kappa shape index (κ2) is 6.72. The molecule has 1 aromatic carbocycles. The van der Waals surface area contributed by atoms with Gasteiger partial charge < -0.3 is 11.1 Å². The summed E-state index contributed by atoms with van der Waals surface area (Å²) in [5.74, 6) is 0.230. The Hall–Kier alpha value is -3.00. The third-order valence-electron chi connectivity index (χ3n) is 4.16. The fourth-order valence-electron chi connectivity index (χ4n) is 2.88. The summed E-state index contributed by atoms with van der Waals surface area (Å²) in [6.45, 7) is 3.17. The monoisotopic (exact) mass is 366 g/mol. The van der Waals surface area contributed by atoms with Gasteiger partial charge >= 0.3 is 0 Å². The van der Waals surface area contributed by atoms with Crippen LogP contribution in [-0.2, 0) is 13.0 Å². The van der Waals surface area contributed by atoms with E-state index in [9.17, 15) is 4.79 Å². The van der Waals surface area contributed by atoms with Crippen LogP contribution in [0.4, 0.5) is 5.95 Å². The van der Waals surface area contributed by atoms with Crippen LogP contribution in [-0.4, -0.2) is 32.0 Å². The van der Waals surface area contributed by atoms with Crippen molar-refractivity contribution in [2.75, 3.05) is 12.3 Å². The Labute approximate surface area is 153 Å². The molecule has 0 spiro atoms. The highest BCUT2D eigenvalue weighted by molar-refractivity contribution is 7.18. The molecule has 4 aromatic rings. The summed E-state index contributed by atoms with van der Waals surface area (Å²) < 4.78 is 2.97. The number of thiazole rings is 1. The summed E-state index contributed by atoms with van der Waals surface area (Å²) in [5, 5.41) is 3.92. The van der Waals surface area contributed by atoms with E-state index in [0.29, 0.717) is 42.2 Å². The number of benzene rings is 1. The average molecular weight is 366 g/mol. The molecule has 0 bridgehead atoms. The van der Waals surface area contributed by atoms with Crippen molar-refractivity contribution in [2.24, 2.45) is 0 Å². The van der Waals surface area contributed by atoms with Crippen molar-refractivity contribution in [1.29, 1.82) is 0 Å². The summed E-state index contributed by atoms with van der Waals surface area (Å²) in [6, 6.07) is 9.75. The van der Waals surface area contributed by atoms with Crippen molar-refractivity contribution < 1.29 is 4.79 Å². The number of hydrogen-bond acceptors (Lipinski definition) is 6. The maximum absolute atomic E-state index is 12.4. The summed E-state index contributed by atoms with van der Waals surface area (Å²) in [5.41, 5.74) is 8.66. The molecule has 4 rings (SSSR count). The van der Waals surface area contributed by atoms with Gasteiger partial charge in [0.1, 0.15) is 5.52 Å². The van der Waals surface area contributed by atoms with E-state index in [4.69, 9.17) is 5.73 Å². The van der Waals surface area contributed by atoms with Gasteiger partial charge in [0.2, 0.25) is 5.95 Å². The van der Waals surface area contributed by atoms with Gasteiger partial charge in [0.15, 0.2) is 5.65 Å². The molecule has 0 unspecified atom stereocenters. The lowest BCUT2D eigenvalue weighted by molar-refractivity contribution is 0.0954. The predicted molar refractivity (Wildman–Crippen MR) is 103 cm³/mol. The maximum Gasteiger partial charge on any atom is 0.252 e. The van der Waals surface area contributed by atoms with Gasteiger partial charge in [-0.25, -0.2) is 15.0 Å². The number of aromatic nitrogens is 4. The Morgan fingerprint density at radius 1 is 1.27 bits per heavy atom. The third kappa shape index (κ3) is 2.99. The van der Waals surface area contributed by atoms with Crippen LogP contribution in [0.1, 0.15) is 22.3 Å². The maximum atomic E-state index is 12.4. The highest BCUT2D eigenvalue weighted by atomic mass is 32.1. The zero-order valence-corrected chi connectivity index (χ0v) is 15.1. The minimum atomic E-state index is -0.176. The molecular formula is C18H18N6OS. The first-order valence-electron chi connectivity index (χ1n) is 8.40. The molecule has 3 N–H and O–H groups in total. The van der Waals surface area contributed by atoms with Crippen molar-refractivity contribution in [3.05, 3.63) is 47.1 Å². The van der Waals surface area contributed by atoms with Gasteiger partial charge in [0.05, 0.1) is 20.8 Å². The van der Waals surface area contributed by atoms with E-state index in [2.05, 4.69) is 26.3 Å². The topological polar surface area (TPSA) is 98.7 Å². The van der Waals surface area contributed by atoms with Crippen molar-refractivity contribution in [2.45, 2.75) is 19.9 Å². The van der Waals surface area contributed by atoms with Crippen LogP contribution in [0.5, 0.6) is 0 Å². The van der Waals surface area contributed by atoms with Crippen molar-refractivity contribution >= 4 is 44.6 Å². The zero-order chi connectivity index (χ0) is 18.1. The van der Waals surface area contributed by atoms with E-state index >= 15 is 0 Å². The molecule has 0 aliphatic carbocycles. The molecule has 1 amide bonds. The number of amides is 1. The molecule has 132 valence electrons. The lowest BCUT2D eigenvalue weighted by Crippen LogP contribution is -2.25. The Morgan fingerprint density at radius 3 is 2.92 bits per heavy atom. The number of carbonyl (C=O) groups is 1. The number of imidazole rings is 1. The summed E-state index contributed by atoms with van der Waals surface area (Å²) in [6.07, 6.45) is 2.25.